The summed E-state index contributed by atoms with van der Waals surface area (Å²) >= 11 is 9.02. The summed E-state index contributed by atoms with van der Waals surface area (Å²) in [4.78, 5) is 30.8. The molecule has 9 heteroatoms. The Labute approximate surface area is 211 Å². The van der Waals surface area contributed by atoms with E-state index in [0.29, 0.717) is 22.4 Å². The number of hydrogen-bond acceptors (Lipinski definition) is 6. The maximum atomic E-state index is 10.9. The molecule has 0 atom stereocenters. The minimum Gasteiger partial charge on any atom is -0.481 e. The lowest BCUT2D eigenvalue weighted by Gasteiger charge is -2.16. The molecular weight excluding hydrogens is 492 g/mol. The van der Waals surface area contributed by atoms with E-state index in [2.05, 4.69) is 9.97 Å². The van der Waals surface area contributed by atoms with E-state index >= 15 is 0 Å². The van der Waals surface area contributed by atoms with Crippen LogP contribution in [0.1, 0.15) is 34.2 Å². The van der Waals surface area contributed by atoms with Crippen molar-refractivity contribution >= 4 is 59.2 Å². The van der Waals surface area contributed by atoms with Crippen LogP contribution >= 0.6 is 35.1 Å². The van der Waals surface area contributed by atoms with Crippen LogP contribution < -0.4 is 0 Å². The van der Waals surface area contributed by atoms with Gasteiger partial charge < -0.3 is 10.2 Å². The van der Waals surface area contributed by atoms with Gasteiger partial charge in [-0.2, -0.15) is 0 Å². The predicted octanol–water partition coefficient (Wildman–Crippen LogP) is 6.38. The van der Waals surface area contributed by atoms with Crippen molar-refractivity contribution in [2.75, 3.05) is 11.5 Å². The van der Waals surface area contributed by atoms with Crippen LogP contribution in [0, 0.1) is 0 Å². The van der Waals surface area contributed by atoms with Gasteiger partial charge in [0.15, 0.2) is 0 Å². The Morgan fingerprint density at radius 1 is 0.853 bits per heavy atom. The highest BCUT2D eigenvalue weighted by molar-refractivity contribution is 8.16. The smallest absolute Gasteiger partial charge is 0.304 e. The van der Waals surface area contributed by atoms with Crippen molar-refractivity contribution in [1.29, 1.82) is 0 Å². The van der Waals surface area contributed by atoms with E-state index in [1.54, 1.807) is 6.07 Å². The fourth-order valence-corrected chi connectivity index (χ4v) is 5.79. The predicted molar refractivity (Wildman–Crippen MR) is 140 cm³/mol. The molecule has 6 nitrogen and oxygen atoms in total. The number of pyridine rings is 2. The summed E-state index contributed by atoms with van der Waals surface area (Å²) in [5.74, 6) is -0.787. The Hall–Kier alpha value is -2.81. The van der Waals surface area contributed by atoms with Crippen LogP contribution in [0.3, 0.4) is 0 Å². The second-order valence-electron chi connectivity index (χ2n) is 7.16. The molecule has 0 spiro atoms. The lowest BCUT2D eigenvalue weighted by Crippen LogP contribution is -2.01. The summed E-state index contributed by atoms with van der Waals surface area (Å²) in [6.45, 7) is 0. The second-order valence-corrected chi connectivity index (χ2v) is 10.3. The summed E-state index contributed by atoms with van der Waals surface area (Å²) in [7, 11) is 0. The number of carbonyl (C=O) groups is 2. The zero-order chi connectivity index (χ0) is 24.3. The number of nitrogens with zero attached hydrogens (tertiary/aromatic N) is 2. The minimum absolute atomic E-state index is 0.0533. The summed E-state index contributed by atoms with van der Waals surface area (Å²) in [6, 6.07) is 19.0. The van der Waals surface area contributed by atoms with Gasteiger partial charge >= 0.3 is 11.9 Å². The average Bonchev–Trinajstić information content (AvgIpc) is 2.82. The Bertz CT molecular complexity index is 1150. The second kappa shape index (κ2) is 13.2. The van der Waals surface area contributed by atoms with Crippen molar-refractivity contribution in [2.45, 2.75) is 17.4 Å². The third-order valence-corrected chi connectivity index (χ3v) is 7.60. The van der Waals surface area contributed by atoms with E-state index in [9.17, 15) is 9.59 Å². The molecule has 1 aromatic carbocycles. The molecule has 3 aromatic rings. The quantitative estimate of drug-likeness (QED) is 0.212. The zero-order valence-corrected chi connectivity index (χ0v) is 20.5. The first-order valence-electron chi connectivity index (χ1n) is 10.5. The third-order valence-electron chi connectivity index (χ3n) is 4.55. The number of hydrogen-bond donors (Lipinski definition) is 2. The molecule has 0 saturated carbocycles. The van der Waals surface area contributed by atoms with Crippen molar-refractivity contribution in [1.82, 2.24) is 9.97 Å². The van der Waals surface area contributed by atoms with Crippen molar-refractivity contribution < 1.29 is 19.8 Å². The summed E-state index contributed by atoms with van der Waals surface area (Å²) < 4.78 is -0.0533. The molecular formula is C25H23ClN2O4S2. The first kappa shape index (κ1) is 25.8. The van der Waals surface area contributed by atoms with E-state index in [0.717, 1.165) is 22.5 Å². The molecule has 0 aliphatic carbocycles. The Morgan fingerprint density at radius 3 is 2.12 bits per heavy atom. The van der Waals surface area contributed by atoms with Crippen LogP contribution in [0.2, 0.25) is 5.15 Å². The normalized spacial score (nSPS) is 11.2. The number of rotatable bonds is 12. The largest absolute Gasteiger partial charge is 0.481 e. The van der Waals surface area contributed by atoms with E-state index < -0.39 is 11.9 Å². The van der Waals surface area contributed by atoms with Crippen LogP contribution in [-0.2, 0) is 9.59 Å². The van der Waals surface area contributed by atoms with Crippen LogP contribution in [-0.4, -0.2) is 43.6 Å². The summed E-state index contributed by atoms with van der Waals surface area (Å²) in [6.07, 6.45) is 3.99. The van der Waals surface area contributed by atoms with Crippen molar-refractivity contribution in [2.24, 2.45) is 0 Å². The number of benzene rings is 1. The van der Waals surface area contributed by atoms with Gasteiger partial charge in [-0.15, -0.1) is 23.5 Å². The van der Waals surface area contributed by atoms with Gasteiger partial charge in [0, 0.05) is 11.5 Å². The number of aliphatic carboxylic acids is 2. The lowest BCUT2D eigenvalue weighted by atomic mass is 10.1. The van der Waals surface area contributed by atoms with Gasteiger partial charge in [0.25, 0.3) is 0 Å². The minimum atomic E-state index is -0.846. The SMILES string of the molecule is O=C(O)CCSC(SCCC(=O)O)c1cccc(/C=C/c2cccc(-c3cccc(Cl)n3)n2)c1. The Balaban J connectivity index is 1.75. The van der Waals surface area contributed by atoms with Crippen LogP contribution in [0.4, 0.5) is 0 Å². The van der Waals surface area contributed by atoms with Gasteiger partial charge in [0.05, 0.1) is 34.5 Å². The van der Waals surface area contributed by atoms with Gasteiger partial charge in [0.2, 0.25) is 0 Å². The lowest BCUT2D eigenvalue weighted by molar-refractivity contribution is -0.137. The van der Waals surface area contributed by atoms with Crippen molar-refractivity contribution in [3.63, 3.8) is 0 Å². The number of carboxylic acids is 2. The topological polar surface area (TPSA) is 100 Å². The van der Waals surface area contributed by atoms with Gasteiger partial charge in [-0.1, -0.05) is 48.0 Å². The summed E-state index contributed by atoms with van der Waals surface area (Å²) in [5, 5.41) is 18.3. The molecule has 2 heterocycles. The summed E-state index contributed by atoms with van der Waals surface area (Å²) in [5.41, 5.74) is 4.17. The molecule has 0 fully saturated rings. The molecule has 176 valence electrons. The highest BCUT2D eigenvalue weighted by Gasteiger charge is 2.14. The molecule has 34 heavy (non-hydrogen) atoms. The fourth-order valence-electron chi connectivity index (χ4n) is 2.98. The van der Waals surface area contributed by atoms with Gasteiger partial charge in [0.1, 0.15) is 5.15 Å². The molecule has 0 unspecified atom stereocenters. The third kappa shape index (κ3) is 8.52. The van der Waals surface area contributed by atoms with Gasteiger partial charge in [-0.3, -0.25) is 9.59 Å². The van der Waals surface area contributed by atoms with Gasteiger partial charge in [-0.25, -0.2) is 9.97 Å². The fraction of sp³-hybridized carbons (Fsp3) is 0.200. The van der Waals surface area contributed by atoms with E-state index in [1.807, 2.05) is 66.7 Å². The molecule has 0 radical (unpaired) electrons. The average molecular weight is 515 g/mol. The Kier molecular flexibility index (Phi) is 10.00. The highest BCUT2D eigenvalue weighted by atomic mass is 35.5. The maximum Gasteiger partial charge on any atom is 0.304 e. The molecule has 0 amide bonds. The first-order valence-corrected chi connectivity index (χ1v) is 12.9. The van der Waals surface area contributed by atoms with Gasteiger partial charge in [-0.05, 0) is 47.5 Å². The molecule has 0 saturated heterocycles. The maximum absolute atomic E-state index is 10.9. The number of aromatic nitrogens is 2. The number of carboxylic acid groups (broad SMARTS) is 2. The van der Waals surface area contributed by atoms with Crippen molar-refractivity contribution in [3.05, 3.63) is 82.6 Å². The highest BCUT2D eigenvalue weighted by Crippen LogP contribution is 2.40. The van der Waals surface area contributed by atoms with E-state index in [-0.39, 0.29) is 17.4 Å². The monoisotopic (exact) mass is 514 g/mol. The van der Waals surface area contributed by atoms with Crippen molar-refractivity contribution in [3.8, 4) is 11.4 Å². The first-order chi connectivity index (χ1) is 16.4. The number of thioether (sulfide) groups is 2. The molecule has 3 rings (SSSR count). The van der Waals surface area contributed by atoms with E-state index in [4.69, 9.17) is 21.8 Å². The van der Waals surface area contributed by atoms with Crippen LogP contribution in [0.15, 0.2) is 60.7 Å². The van der Waals surface area contributed by atoms with Crippen LogP contribution in [0.5, 0.6) is 0 Å². The molecule has 2 N–H and O–H groups in total. The van der Waals surface area contributed by atoms with Crippen LogP contribution in [0.25, 0.3) is 23.5 Å². The zero-order valence-electron chi connectivity index (χ0n) is 18.1. The number of halogens is 1. The Morgan fingerprint density at radius 2 is 1.47 bits per heavy atom. The standard InChI is InChI=1S/C25H23ClN2O4S2/c26-22-9-3-8-21(28-22)20-7-2-6-19(27-20)11-10-17-4-1-5-18(16-17)25(33-14-12-23(29)30)34-15-13-24(31)32/h1-11,16,25H,12-15H2,(H,29,30)(H,31,32)/b11-10+. The molecule has 2 aromatic heterocycles. The van der Waals surface area contributed by atoms with E-state index in [1.165, 1.54) is 23.5 Å². The molecule has 0 bridgehead atoms. The molecule has 0 aliphatic rings. The molecule has 0 aliphatic heterocycles.